The number of ether oxygens (including phenoxy) is 2. The summed E-state index contributed by atoms with van der Waals surface area (Å²) in [6, 6.07) is 13.9. The van der Waals surface area contributed by atoms with Crippen LogP contribution in [0.3, 0.4) is 0 Å². The Morgan fingerprint density at radius 1 is 0.964 bits per heavy atom. The summed E-state index contributed by atoms with van der Waals surface area (Å²) in [5.41, 5.74) is 1.80. The van der Waals surface area contributed by atoms with Gasteiger partial charge in [0.15, 0.2) is 11.5 Å². The Balaban J connectivity index is 2.10. The Hall–Kier alpha value is -3.02. The molecule has 1 amide bonds. The number of methoxy groups -OCH3 is 2. The Kier molecular flexibility index (Phi) is 7.44. The molecule has 0 radical (unpaired) electrons. The molecule has 0 bridgehead atoms. The van der Waals surface area contributed by atoms with Crippen LogP contribution in [0.25, 0.3) is 0 Å². The van der Waals surface area contributed by atoms with E-state index in [-0.39, 0.29) is 18.2 Å². The van der Waals surface area contributed by atoms with Gasteiger partial charge < -0.3 is 19.5 Å². The zero-order chi connectivity index (χ0) is 20.7. The van der Waals surface area contributed by atoms with E-state index in [1.54, 1.807) is 34.3 Å². The van der Waals surface area contributed by atoms with E-state index in [1.165, 1.54) is 4.90 Å². The standard InChI is InChI=1S/C22H27NO5/c1-15(12-17-10-11-19(27-3)20(14-17)28-4)21(24)23(2)18(22(25)26)13-16-8-6-5-7-9-16/h5-11,14-15,18H,12-13H2,1-4H3,(H,25,26). The first-order chi connectivity index (χ1) is 13.4. The maximum atomic E-state index is 12.9. The van der Waals surface area contributed by atoms with Gasteiger partial charge in [-0.3, -0.25) is 4.79 Å². The summed E-state index contributed by atoms with van der Waals surface area (Å²) >= 11 is 0. The molecule has 0 aromatic heterocycles. The lowest BCUT2D eigenvalue weighted by molar-refractivity contribution is -0.150. The number of amides is 1. The number of hydrogen-bond donors (Lipinski definition) is 1. The van der Waals surface area contributed by atoms with Crippen molar-refractivity contribution in [3.63, 3.8) is 0 Å². The van der Waals surface area contributed by atoms with E-state index in [1.807, 2.05) is 42.5 Å². The van der Waals surface area contributed by atoms with Gasteiger partial charge in [0, 0.05) is 19.4 Å². The lowest BCUT2D eigenvalue weighted by atomic mass is 9.97. The normalized spacial score (nSPS) is 12.7. The van der Waals surface area contributed by atoms with Crippen LogP contribution in [0.2, 0.25) is 0 Å². The maximum absolute atomic E-state index is 12.9. The number of carboxylic acid groups (broad SMARTS) is 1. The van der Waals surface area contributed by atoms with Crippen molar-refractivity contribution < 1.29 is 24.2 Å². The fourth-order valence-electron chi connectivity index (χ4n) is 3.18. The molecular formula is C22H27NO5. The second-order valence-corrected chi connectivity index (χ2v) is 6.79. The molecule has 0 spiro atoms. The predicted octanol–water partition coefficient (Wildman–Crippen LogP) is 3.04. The smallest absolute Gasteiger partial charge is 0.326 e. The third-order valence-electron chi connectivity index (χ3n) is 4.78. The van der Waals surface area contributed by atoms with Gasteiger partial charge in [0.1, 0.15) is 6.04 Å². The zero-order valence-corrected chi connectivity index (χ0v) is 16.7. The molecule has 28 heavy (non-hydrogen) atoms. The van der Waals surface area contributed by atoms with Gasteiger partial charge in [0.2, 0.25) is 5.91 Å². The Morgan fingerprint density at radius 2 is 1.61 bits per heavy atom. The number of benzene rings is 2. The number of hydrogen-bond acceptors (Lipinski definition) is 4. The largest absolute Gasteiger partial charge is 0.493 e. The fraction of sp³-hybridized carbons (Fsp3) is 0.364. The quantitative estimate of drug-likeness (QED) is 0.718. The second kappa shape index (κ2) is 9.78. The van der Waals surface area contributed by atoms with Gasteiger partial charge in [-0.1, -0.05) is 43.3 Å². The van der Waals surface area contributed by atoms with Crippen LogP contribution in [-0.4, -0.2) is 49.2 Å². The molecular weight excluding hydrogens is 358 g/mol. The van der Waals surface area contributed by atoms with E-state index in [4.69, 9.17) is 9.47 Å². The van der Waals surface area contributed by atoms with Crippen molar-refractivity contribution in [2.45, 2.75) is 25.8 Å². The van der Waals surface area contributed by atoms with E-state index in [0.717, 1.165) is 11.1 Å². The first-order valence-corrected chi connectivity index (χ1v) is 9.11. The van der Waals surface area contributed by atoms with Gasteiger partial charge >= 0.3 is 5.97 Å². The van der Waals surface area contributed by atoms with E-state index < -0.39 is 12.0 Å². The van der Waals surface area contributed by atoms with Crippen molar-refractivity contribution in [2.24, 2.45) is 5.92 Å². The maximum Gasteiger partial charge on any atom is 0.326 e. The van der Waals surface area contributed by atoms with Crippen LogP contribution in [0, 0.1) is 5.92 Å². The van der Waals surface area contributed by atoms with Crippen LogP contribution >= 0.6 is 0 Å². The molecule has 0 saturated carbocycles. The molecule has 0 aliphatic rings. The van der Waals surface area contributed by atoms with Crippen molar-refractivity contribution in [3.05, 3.63) is 59.7 Å². The number of carbonyl (C=O) groups is 2. The average molecular weight is 385 g/mol. The van der Waals surface area contributed by atoms with E-state index in [2.05, 4.69) is 0 Å². The lowest BCUT2D eigenvalue weighted by Crippen LogP contribution is -2.46. The first kappa shape index (κ1) is 21.3. The van der Waals surface area contributed by atoms with Gasteiger partial charge in [-0.15, -0.1) is 0 Å². The third kappa shape index (κ3) is 5.25. The highest BCUT2D eigenvalue weighted by Crippen LogP contribution is 2.28. The average Bonchev–Trinajstić information content (AvgIpc) is 2.71. The molecule has 6 heteroatoms. The molecule has 0 aliphatic heterocycles. The van der Waals surface area contributed by atoms with Crippen molar-refractivity contribution in [1.29, 1.82) is 0 Å². The van der Waals surface area contributed by atoms with Crippen LogP contribution in [0.1, 0.15) is 18.1 Å². The minimum Gasteiger partial charge on any atom is -0.493 e. The SMILES string of the molecule is COc1ccc(CC(C)C(=O)N(C)C(Cc2ccccc2)C(=O)O)cc1OC. The van der Waals surface area contributed by atoms with Gasteiger partial charge in [0.25, 0.3) is 0 Å². The monoisotopic (exact) mass is 385 g/mol. The number of aliphatic carboxylic acids is 1. The molecule has 150 valence electrons. The highest BCUT2D eigenvalue weighted by atomic mass is 16.5. The molecule has 6 nitrogen and oxygen atoms in total. The summed E-state index contributed by atoms with van der Waals surface area (Å²) in [6.07, 6.45) is 0.739. The summed E-state index contributed by atoms with van der Waals surface area (Å²) in [7, 11) is 4.68. The van der Waals surface area contributed by atoms with Crippen molar-refractivity contribution in [1.82, 2.24) is 4.90 Å². The van der Waals surface area contributed by atoms with Crippen LogP contribution < -0.4 is 9.47 Å². The van der Waals surface area contributed by atoms with Gasteiger partial charge in [-0.2, -0.15) is 0 Å². The Morgan fingerprint density at radius 3 is 2.18 bits per heavy atom. The number of nitrogens with zero attached hydrogens (tertiary/aromatic N) is 1. The van der Waals surface area contributed by atoms with E-state index in [0.29, 0.717) is 17.9 Å². The van der Waals surface area contributed by atoms with Gasteiger partial charge in [-0.05, 0) is 29.7 Å². The molecule has 0 fully saturated rings. The molecule has 1 N–H and O–H groups in total. The summed E-state index contributed by atoms with van der Waals surface area (Å²) in [5.74, 6) is -0.381. The molecule has 0 heterocycles. The summed E-state index contributed by atoms with van der Waals surface area (Å²) in [6.45, 7) is 1.80. The fourth-order valence-corrected chi connectivity index (χ4v) is 3.18. The van der Waals surface area contributed by atoms with Crippen molar-refractivity contribution >= 4 is 11.9 Å². The number of carboxylic acids is 1. The second-order valence-electron chi connectivity index (χ2n) is 6.79. The number of rotatable bonds is 9. The topological polar surface area (TPSA) is 76.1 Å². The molecule has 0 aliphatic carbocycles. The summed E-state index contributed by atoms with van der Waals surface area (Å²) in [5, 5.41) is 9.63. The van der Waals surface area contributed by atoms with Gasteiger partial charge in [0.05, 0.1) is 14.2 Å². The van der Waals surface area contributed by atoms with Crippen LogP contribution in [0.15, 0.2) is 48.5 Å². The van der Waals surface area contributed by atoms with E-state index >= 15 is 0 Å². The number of likely N-dealkylation sites (N-methyl/N-ethyl adjacent to an activating group) is 1. The zero-order valence-electron chi connectivity index (χ0n) is 16.7. The number of carbonyl (C=O) groups excluding carboxylic acids is 1. The lowest BCUT2D eigenvalue weighted by Gasteiger charge is -2.28. The Bertz CT molecular complexity index is 806. The first-order valence-electron chi connectivity index (χ1n) is 9.11. The highest BCUT2D eigenvalue weighted by Gasteiger charge is 2.29. The minimum absolute atomic E-state index is 0.210. The van der Waals surface area contributed by atoms with Crippen LogP contribution in [0.5, 0.6) is 11.5 Å². The molecule has 2 unspecified atom stereocenters. The molecule has 0 saturated heterocycles. The van der Waals surface area contributed by atoms with Crippen molar-refractivity contribution in [3.8, 4) is 11.5 Å². The summed E-state index contributed by atoms with van der Waals surface area (Å²) in [4.78, 5) is 26.0. The van der Waals surface area contributed by atoms with Crippen LogP contribution in [-0.2, 0) is 22.4 Å². The Labute approximate surface area is 165 Å². The molecule has 2 rings (SSSR count). The highest BCUT2D eigenvalue weighted by molar-refractivity contribution is 5.85. The van der Waals surface area contributed by atoms with Crippen LogP contribution in [0.4, 0.5) is 0 Å². The molecule has 2 aromatic rings. The molecule has 2 atom stereocenters. The minimum atomic E-state index is -1.02. The van der Waals surface area contributed by atoms with E-state index in [9.17, 15) is 14.7 Å². The van der Waals surface area contributed by atoms with Gasteiger partial charge in [-0.25, -0.2) is 4.79 Å². The predicted molar refractivity (Wildman–Crippen MR) is 107 cm³/mol. The van der Waals surface area contributed by atoms with Crippen molar-refractivity contribution in [2.75, 3.05) is 21.3 Å². The molecule has 2 aromatic carbocycles. The summed E-state index contributed by atoms with van der Waals surface area (Å²) < 4.78 is 10.5. The third-order valence-corrected chi connectivity index (χ3v) is 4.78.